The van der Waals surface area contributed by atoms with Crippen molar-refractivity contribution in [2.75, 3.05) is 24.0 Å². The van der Waals surface area contributed by atoms with Gasteiger partial charge in [-0.1, -0.05) is 71.7 Å². The first-order valence-corrected chi connectivity index (χ1v) is 15.3. The van der Waals surface area contributed by atoms with Crippen molar-refractivity contribution in [3.63, 3.8) is 0 Å². The summed E-state index contributed by atoms with van der Waals surface area (Å²) >= 11 is 12.1. The van der Waals surface area contributed by atoms with Crippen molar-refractivity contribution >= 4 is 56.9 Å². The van der Waals surface area contributed by atoms with E-state index < -0.39 is 22.5 Å². The zero-order chi connectivity index (χ0) is 30.7. The number of nitrogens with zero attached hydrogens (tertiary/aromatic N) is 2. The van der Waals surface area contributed by atoms with Crippen molar-refractivity contribution in [3.05, 3.63) is 124 Å². The van der Waals surface area contributed by atoms with Crippen molar-refractivity contribution in [2.24, 2.45) is 5.10 Å². The Hall–Kier alpha value is -4.38. The van der Waals surface area contributed by atoms with Crippen LogP contribution in [0.4, 0.5) is 5.69 Å². The van der Waals surface area contributed by atoms with Crippen LogP contribution in [0.3, 0.4) is 0 Å². The van der Waals surface area contributed by atoms with Crippen LogP contribution in [0.1, 0.15) is 11.1 Å². The summed E-state index contributed by atoms with van der Waals surface area (Å²) in [5.74, 6) is -0.420. The summed E-state index contributed by atoms with van der Waals surface area (Å²) in [7, 11) is -4.11. The van der Waals surface area contributed by atoms with Crippen molar-refractivity contribution in [3.8, 4) is 5.75 Å². The van der Waals surface area contributed by atoms with Gasteiger partial charge in [-0.3, -0.25) is 13.9 Å². The topological polar surface area (TPSA) is 117 Å². The zero-order valence-electron chi connectivity index (χ0n) is 22.8. The van der Waals surface area contributed by atoms with E-state index in [0.29, 0.717) is 17.9 Å². The molecule has 0 atom stereocenters. The van der Waals surface area contributed by atoms with Crippen LogP contribution in [0.15, 0.2) is 113 Å². The van der Waals surface area contributed by atoms with E-state index in [1.54, 1.807) is 42.5 Å². The molecule has 0 aliphatic heterocycles. The predicted molar refractivity (Wildman–Crippen MR) is 168 cm³/mol. The third kappa shape index (κ3) is 9.31. The molecule has 12 heteroatoms. The minimum Gasteiger partial charge on any atom is -0.484 e. The molecule has 2 amide bonds. The number of anilines is 1. The van der Waals surface area contributed by atoms with E-state index >= 15 is 0 Å². The molecule has 2 N–H and O–H groups in total. The number of benzene rings is 4. The number of hydrogen-bond acceptors (Lipinski definition) is 6. The highest BCUT2D eigenvalue weighted by molar-refractivity contribution is 7.92. The van der Waals surface area contributed by atoms with Crippen LogP contribution >= 0.6 is 23.2 Å². The van der Waals surface area contributed by atoms with Crippen LogP contribution in [0.5, 0.6) is 5.75 Å². The van der Waals surface area contributed by atoms with Gasteiger partial charge in [-0.15, -0.1) is 0 Å². The fraction of sp³-hybridized carbons (Fsp3) is 0.129. The molecule has 4 rings (SSSR count). The molecule has 0 spiro atoms. The number of rotatable bonds is 13. The molecule has 43 heavy (non-hydrogen) atoms. The van der Waals surface area contributed by atoms with Crippen molar-refractivity contribution in [1.82, 2.24) is 10.7 Å². The van der Waals surface area contributed by atoms with Gasteiger partial charge in [-0.25, -0.2) is 13.8 Å². The van der Waals surface area contributed by atoms with Gasteiger partial charge in [0.2, 0.25) is 0 Å². The molecule has 9 nitrogen and oxygen atoms in total. The summed E-state index contributed by atoms with van der Waals surface area (Å²) in [5, 5.41) is 7.15. The maximum Gasteiger partial charge on any atom is 0.264 e. The van der Waals surface area contributed by atoms with Gasteiger partial charge < -0.3 is 10.1 Å². The molecule has 4 aromatic rings. The fourth-order valence-electron chi connectivity index (χ4n) is 3.86. The maximum atomic E-state index is 13.4. The molecular formula is C31H28Cl2N4O5S. The summed E-state index contributed by atoms with van der Waals surface area (Å²) in [6.07, 6.45) is 2.13. The molecule has 0 heterocycles. The summed E-state index contributed by atoms with van der Waals surface area (Å²) in [4.78, 5) is 24.8. The van der Waals surface area contributed by atoms with E-state index in [0.717, 1.165) is 16.3 Å². The number of sulfonamides is 1. The highest BCUT2D eigenvalue weighted by atomic mass is 35.5. The lowest BCUT2D eigenvalue weighted by molar-refractivity contribution is -0.123. The van der Waals surface area contributed by atoms with E-state index in [1.165, 1.54) is 36.5 Å². The lowest BCUT2D eigenvalue weighted by atomic mass is 10.1. The molecule has 0 saturated carbocycles. The van der Waals surface area contributed by atoms with Crippen LogP contribution in [0.25, 0.3) is 0 Å². The Balaban J connectivity index is 1.30. The van der Waals surface area contributed by atoms with Crippen LogP contribution < -0.4 is 19.8 Å². The first-order chi connectivity index (χ1) is 20.7. The Morgan fingerprint density at radius 2 is 1.51 bits per heavy atom. The van der Waals surface area contributed by atoms with Crippen molar-refractivity contribution < 1.29 is 22.7 Å². The maximum absolute atomic E-state index is 13.4. The van der Waals surface area contributed by atoms with Crippen LogP contribution in [-0.2, 0) is 26.0 Å². The summed E-state index contributed by atoms with van der Waals surface area (Å²) in [6.45, 7) is -0.178. The van der Waals surface area contributed by atoms with E-state index in [1.807, 2.05) is 30.3 Å². The molecule has 0 unspecified atom stereocenters. The minimum atomic E-state index is -4.11. The largest absolute Gasteiger partial charge is 0.484 e. The van der Waals surface area contributed by atoms with Crippen molar-refractivity contribution in [1.29, 1.82) is 0 Å². The number of nitrogens with one attached hydrogen (secondary N) is 2. The van der Waals surface area contributed by atoms with E-state index in [-0.39, 0.29) is 33.1 Å². The third-order valence-corrected chi connectivity index (χ3v) is 8.57. The average molecular weight is 640 g/mol. The lowest BCUT2D eigenvalue weighted by Crippen LogP contribution is -2.39. The first-order valence-electron chi connectivity index (χ1n) is 13.1. The molecule has 0 saturated heterocycles. The molecular weight excluding hydrogens is 611 g/mol. The van der Waals surface area contributed by atoms with Gasteiger partial charge in [0.25, 0.3) is 21.8 Å². The fourth-order valence-corrected chi connectivity index (χ4v) is 5.59. The number of ether oxygens (including phenoxy) is 1. The second kappa shape index (κ2) is 15.2. The van der Waals surface area contributed by atoms with Crippen molar-refractivity contribution in [2.45, 2.75) is 11.3 Å². The van der Waals surface area contributed by atoms with Gasteiger partial charge in [-0.05, 0) is 72.1 Å². The van der Waals surface area contributed by atoms with Crippen LogP contribution in [0.2, 0.25) is 10.0 Å². The number of carbonyl (C=O) groups is 2. The quantitative estimate of drug-likeness (QED) is 0.156. The molecule has 222 valence electrons. The summed E-state index contributed by atoms with van der Waals surface area (Å²) in [6, 6.07) is 28.6. The molecule has 0 fully saturated rings. The summed E-state index contributed by atoms with van der Waals surface area (Å²) < 4.78 is 33.2. The average Bonchev–Trinajstić information content (AvgIpc) is 3.02. The second-order valence-electron chi connectivity index (χ2n) is 9.16. The predicted octanol–water partition coefficient (Wildman–Crippen LogP) is 5.08. The number of hydrogen-bond donors (Lipinski definition) is 2. The molecule has 0 aromatic heterocycles. The van der Waals surface area contributed by atoms with Gasteiger partial charge in [0, 0.05) is 6.54 Å². The van der Waals surface area contributed by atoms with Gasteiger partial charge in [0.05, 0.1) is 26.8 Å². The monoisotopic (exact) mass is 638 g/mol. The number of amides is 2. The normalized spacial score (nSPS) is 11.2. The standard InChI is InChI=1S/C31H28Cl2N4O5S/c32-28-16-13-25(19-29(28)33)37(43(40,41)27-9-5-2-6-10-27)21-30(38)36-35-20-24-11-14-26(15-12-24)42-22-31(39)34-18-17-23-7-3-1-4-8-23/h1-16,19-20H,17-18,21-22H2,(H,34,39)(H,36,38)/b35-20-. The number of hydrazone groups is 1. The van der Waals surface area contributed by atoms with Gasteiger partial charge in [0.15, 0.2) is 6.61 Å². The van der Waals surface area contributed by atoms with Gasteiger partial charge in [-0.2, -0.15) is 5.10 Å². The molecule has 0 aliphatic carbocycles. The van der Waals surface area contributed by atoms with Crippen LogP contribution in [0, 0.1) is 0 Å². The second-order valence-corrected chi connectivity index (χ2v) is 11.8. The zero-order valence-corrected chi connectivity index (χ0v) is 25.1. The Labute approximate surface area is 260 Å². The Kier molecular flexibility index (Phi) is 11.2. The van der Waals surface area contributed by atoms with E-state index in [4.69, 9.17) is 27.9 Å². The molecule has 0 aliphatic rings. The highest BCUT2D eigenvalue weighted by Crippen LogP contribution is 2.30. The van der Waals surface area contributed by atoms with E-state index in [9.17, 15) is 18.0 Å². The Morgan fingerprint density at radius 1 is 0.837 bits per heavy atom. The highest BCUT2D eigenvalue weighted by Gasteiger charge is 2.27. The smallest absolute Gasteiger partial charge is 0.264 e. The lowest BCUT2D eigenvalue weighted by Gasteiger charge is -2.24. The number of halogens is 2. The van der Waals surface area contributed by atoms with Gasteiger partial charge in [0.1, 0.15) is 12.3 Å². The van der Waals surface area contributed by atoms with Crippen LogP contribution in [-0.4, -0.2) is 46.1 Å². The SMILES string of the molecule is O=C(COc1ccc(/C=N\NC(=O)CN(c2ccc(Cl)c(Cl)c2)S(=O)(=O)c2ccccc2)cc1)NCCc1ccccc1. The van der Waals surface area contributed by atoms with E-state index in [2.05, 4.69) is 15.8 Å². The molecule has 4 aromatic carbocycles. The summed E-state index contributed by atoms with van der Waals surface area (Å²) in [5.41, 5.74) is 4.29. The first kappa shape index (κ1) is 31.6. The molecule has 0 bridgehead atoms. The van der Waals surface area contributed by atoms with Gasteiger partial charge >= 0.3 is 0 Å². The molecule has 0 radical (unpaired) electrons. The minimum absolute atomic E-state index is 0.00403. The third-order valence-electron chi connectivity index (χ3n) is 6.04. The Morgan fingerprint density at radius 3 is 2.19 bits per heavy atom. The Bertz CT molecular complexity index is 1670. The number of carbonyl (C=O) groups excluding carboxylic acids is 2.